The van der Waals surface area contributed by atoms with Crippen LogP contribution in [-0.2, 0) is 10.2 Å². The van der Waals surface area contributed by atoms with Gasteiger partial charge < -0.3 is 14.6 Å². The molecule has 2 heterocycles. The predicted octanol–water partition coefficient (Wildman–Crippen LogP) is 3.86. The van der Waals surface area contributed by atoms with E-state index in [-0.39, 0.29) is 23.1 Å². The van der Waals surface area contributed by atoms with Gasteiger partial charge in [0.2, 0.25) is 5.91 Å². The summed E-state index contributed by atoms with van der Waals surface area (Å²) in [7, 11) is 0. The van der Waals surface area contributed by atoms with Crippen LogP contribution in [0.2, 0.25) is 0 Å². The van der Waals surface area contributed by atoms with Crippen LogP contribution in [0.3, 0.4) is 0 Å². The number of fused-ring (bicyclic) bond motifs is 2. The highest BCUT2D eigenvalue weighted by molar-refractivity contribution is 5.91. The summed E-state index contributed by atoms with van der Waals surface area (Å²) < 4.78 is 5.29. The zero-order valence-corrected chi connectivity index (χ0v) is 16.7. The Bertz CT molecular complexity index is 893. The van der Waals surface area contributed by atoms with E-state index in [1.807, 2.05) is 4.90 Å². The summed E-state index contributed by atoms with van der Waals surface area (Å²) in [6.45, 7) is 2.30. The van der Waals surface area contributed by atoms with Crippen LogP contribution in [0.5, 0.6) is 0 Å². The first-order valence-corrected chi connectivity index (χ1v) is 10.8. The Morgan fingerprint density at radius 2 is 1.90 bits per heavy atom. The van der Waals surface area contributed by atoms with Gasteiger partial charge >= 0.3 is 0 Å². The first-order valence-electron chi connectivity index (χ1n) is 10.8. The van der Waals surface area contributed by atoms with Gasteiger partial charge in [-0.05, 0) is 72.6 Å². The van der Waals surface area contributed by atoms with Crippen molar-refractivity contribution < 1.29 is 14.0 Å². The molecule has 5 heteroatoms. The molecule has 1 atom stereocenters. The van der Waals surface area contributed by atoms with E-state index in [1.165, 1.54) is 24.0 Å². The molecule has 2 fully saturated rings. The average Bonchev–Trinajstić information content (AvgIpc) is 3.33. The summed E-state index contributed by atoms with van der Waals surface area (Å²) in [5.74, 6) is 1.55. The lowest BCUT2D eigenvalue weighted by molar-refractivity contribution is -0.121. The Labute approximate surface area is 171 Å². The van der Waals surface area contributed by atoms with Gasteiger partial charge in [-0.15, -0.1) is 0 Å². The summed E-state index contributed by atoms with van der Waals surface area (Å²) in [5, 5.41) is 3.13. The smallest absolute Gasteiger partial charge is 0.289 e. The van der Waals surface area contributed by atoms with Crippen molar-refractivity contribution >= 4 is 11.8 Å². The number of rotatable bonds is 5. The maximum absolute atomic E-state index is 12.6. The van der Waals surface area contributed by atoms with Crippen LogP contribution in [-0.4, -0.2) is 36.3 Å². The van der Waals surface area contributed by atoms with Gasteiger partial charge in [-0.25, -0.2) is 0 Å². The van der Waals surface area contributed by atoms with Crippen molar-refractivity contribution in [2.75, 3.05) is 19.6 Å². The van der Waals surface area contributed by atoms with E-state index in [9.17, 15) is 9.59 Å². The van der Waals surface area contributed by atoms with Gasteiger partial charge in [-0.1, -0.05) is 24.3 Å². The van der Waals surface area contributed by atoms with Crippen molar-refractivity contribution in [1.29, 1.82) is 0 Å². The predicted molar refractivity (Wildman–Crippen MR) is 110 cm³/mol. The lowest BCUT2D eigenvalue weighted by atomic mass is 9.73. The quantitative estimate of drug-likeness (QED) is 0.841. The van der Waals surface area contributed by atoms with Gasteiger partial charge in [0.25, 0.3) is 5.91 Å². The van der Waals surface area contributed by atoms with E-state index >= 15 is 0 Å². The van der Waals surface area contributed by atoms with E-state index in [2.05, 4.69) is 29.6 Å². The number of carbonyl (C=O) groups is 2. The molecule has 1 spiro atoms. The van der Waals surface area contributed by atoms with Gasteiger partial charge in [-0.3, -0.25) is 9.59 Å². The average molecular weight is 392 g/mol. The molecule has 2 aliphatic carbocycles. The van der Waals surface area contributed by atoms with Gasteiger partial charge in [0.1, 0.15) is 0 Å². The molecule has 1 aromatic heterocycles. The fourth-order valence-corrected chi connectivity index (χ4v) is 5.25. The highest BCUT2D eigenvalue weighted by Gasteiger charge is 2.46. The van der Waals surface area contributed by atoms with Crippen LogP contribution in [0.1, 0.15) is 66.1 Å². The standard InChI is InChI=1S/C24H28N2O3/c27-22(25-16-17-7-8-17)14-18-15-24(20-5-2-1-4-19(18)20)9-11-26(12-10-24)23(28)21-6-3-13-29-21/h1-6,13,17-18H,7-12,14-16H2,(H,25,27)/t18-/m0/s1. The number of nitrogens with one attached hydrogen (secondary N) is 1. The lowest BCUT2D eigenvalue weighted by Crippen LogP contribution is -2.44. The second-order valence-electron chi connectivity index (χ2n) is 8.99. The number of nitrogens with zero attached hydrogens (tertiary/aromatic N) is 1. The van der Waals surface area contributed by atoms with Crippen LogP contribution in [0.15, 0.2) is 47.1 Å². The number of furan rings is 1. The van der Waals surface area contributed by atoms with Crippen LogP contribution < -0.4 is 5.32 Å². The number of likely N-dealkylation sites (tertiary alicyclic amines) is 1. The Morgan fingerprint density at radius 3 is 2.62 bits per heavy atom. The minimum Gasteiger partial charge on any atom is -0.459 e. The minimum atomic E-state index is -0.0212. The molecular weight excluding hydrogens is 364 g/mol. The lowest BCUT2D eigenvalue weighted by Gasteiger charge is -2.40. The van der Waals surface area contributed by atoms with Crippen molar-refractivity contribution in [3.8, 4) is 0 Å². The van der Waals surface area contributed by atoms with Crippen molar-refractivity contribution in [3.05, 3.63) is 59.5 Å². The minimum absolute atomic E-state index is 0.0212. The number of piperidine rings is 1. The maximum atomic E-state index is 12.6. The van der Waals surface area contributed by atoms with E-state index in [1.54, 1.807) is 18.4 Å². The van der Waals surface area contributed by atoms with Crippen molar-refractivity contribution in [3.63, 3.8) is 0 Å². The molecule has 1 aromatic carbocycles. The molecule has 1 N–H and O–H groups in total. The Hall–Kier alpha value is -2.56. The molecule has 0 radical (unpaired) electrons. The summed E-state index contributed by atoms with van der Waals surface area (Å²) in [6.07, 6.45) is 7.51. The molecule has 2 aromatic rings. The largest absolute Gasteiger partial charge is 0.459 e. The fraction of sp³-hybridized carbons (Fsp3) is 0.500. The second-order valence-corrected chi connectivity index (χ2v) is 8.99. The molecular formula is C24H28N2O3. The van der Waals surface area contributed by atoms with Gasteiger partial charge in [0.15, 0.2) is 5.76 Å². The van der Waals surface area contributed by atoms with Crippen molar-refractivity contribution in [2.45, 2.75) is 49.9 Å². The zero-order valence-electron chi connectivity index (χ0n) is 16.7. The number of hydrogen-bond acceptors (Lipinski definition) is 3. The third-order valence-corrected chi connectivity index (χ3v) is 7.07. The van der Waals surface area contributed by atoms with Gasteiger partial charge in [0.05, 0.1) is 6.26 Å². The van der Waals surface area contributed by atoms with Crippen molar-refractivity contribution in [2.24, 2.45) is 5.92 Å². The third kappa shape index (κ3) is 3.59. The van der Waals surface area contributed by atoms with Crippen LogP contribution in [0, 0.1) is 5.92 Å². The Kier molecular flexibility index (Phi) is 4.69. The summed E-state index contributed by atoms with van der Waals surface area (Å²) in [6, 6.07) is 12.1. The monoisotopic (exact) mass is 392 g/mol. The maximum Gasteiger partial charge on any atom is 0.289 e. The SMILES string of the molecule is O=C(C[C@H]1CC2(CCN(C(=O)c3ccco3)CC2)c2ccccc21)NCC1CC1. The molecule has 0 unspecified atom stereocenters. The highest BCUT2D eigenvalue weighted by atomic mass is 16.3. The third-order valence-electron chi connectivity index (χ3n) is 7.07. The summed E-state index contributed by atoms with van der Waals surface area (Å²) >= 11 is 0. The van der Waals surface area contributed by atoms with Crippen LogP contribution in [0.25, 0.3) is 0 Å². The van der Waals surface area contributed by atoms with Crippen molar-refractivity contribution in [1.82, 2.24) is 10.2 Å². The molecule has 2 amide bonds. The van der Waals surface area contributed by atoms with E-state index in [4.69, 9.17) is 4.42 Å². The topological polar surface area (TPSA) is 62.6 Å². The normalized spacial score (nSPS) is 22.5. The molecule has 1 saturated heterocycles. The molecule has 29 heavy (non-hydrogen) atoms. The molecule has 0 bridgehead atoms. The zero-order chi connectivity index (χ0) is 19.8. The van der Waals surface area contributed by atoms with Crippen LogP contribution >= 0.6 is 0 Å². The number of hydrogen-bond donors (Lipinski definition) is 1. The number of carbonyl (C=O) groups excluding carboxylic acids is 2. The van der Waals surface area contributed by atoms with E-state index < -0.39 is 0 Å². The van der Waals surface area contributed by atoms with Gasteiger partial charge in [0, 0.05) is 26.1 Å². The van der Waals surface area contributed by atoms with Crippen LogP contribution in [0.4, 0.5) is 0 Å². The molecule has 1 aliphatic heterocycles. The first-order chi connectivity index (χ1) is 14.1. The molecule has 1 saturated carbocycles. The molecule has 3 aliphatic rings. The second kappa shape index (κ2) is 7.36. The Morgan fingerprint density at radius 1 is 1.10 bits per heavy atom. The molecule has 5 rings (SSSR count). The van der Waals surface area contributed by atoms with E-state index in [0.29, 0.717) is 18.1 Å². The highest BCUT2D eigenvalue weighted by Crippen LogP contribution is 2.52. The Balaban J connectivity index is 1.28. The van der Waals surface area contributed by atoms with E-state index in [0.717, 1.165) is 38.9 Å². The number of benzene rings is 1. The fourth-order valence-electron chi connectivity index (χ4n) is 5.25. The summed E-state index contributed by atoms with van der Waals surface area (Å²) in [5.41, 5.74) is 2.81. The first kappa shape index (κ1) is 18.5. The number of amides is 2. The summed E-state index contributed by atoms with van der Waals surface area (Å²) in [4.78, 5) is 27.0. The van der Waals surface area contributed by atoms with Gasteiger partial charge in [-0.2, -0.15) is 0 Å². The molecule has 5 nitrogen and oxygen atoms in total. The molecule has 152 valence electrons.